The van der Waals surface area contributed by atoms with Crippen LogP contribution in [0.25, 0.3) is 0 Å². The summed E-state index contributed by atoms with van der Waals surface area (Å²) in [6.07, 6.45) is -1.04. The molecule has 0 spiro atoms. The number of hydrogen-bond donors (Lipinski definition) is 2. The molecule has 0 fully saturated rings. The molecule has 0 aliphatic carbocycles. The van der Waals surface area contributed by atoms with Gasteiger partial charge in [-0.1, -0.05) is 32.0 Å². The second-order valence-corrected chi connectivity index (χ2v) is 5.49. The zero-order chi connectivity index (χ0) is 16.9. The zero-order valence-corrected chi connectivity index (χ0v) is 13.3. The molecular weight excluding hydrogens is 284 g/mol. The lowest BCUT2D eigenvalue weighted by molar-refractivity contribution is -0.156. The predicted molar refractivity (Wildman–Crippen MR) is 82.0 cm³/mol. The fourth-order valence-electron chi connectivity index (χ4n) is 1.85. The molecule has 1 aromatic rings. The van der Waals surface area contributed by atoms with Gasteiger partial charge in [0, 0.05) is 5.56 Å². The summed E-state index contributed by atoms with van der Waals surface area (Å²) in [5, 5.41) is 2.65. The summed E-state index contributed by atoms with van der Waals surface area (Å²) < 4.78 is 4.97. The van der Waals surface area contributed by atoms with Gasteiger partial charge < -0.3 is 15.8 Å². The summed E-state index contributed by atoms with van der Waals surface area (Å²) in [5.74, 6) is -1.97. The molecule has 0 heterocycles. The van der Waals surface area contributed by atoms with E-state index < -0.39 is 24.0 Å². The van der Waals surface area contributed by atoms with Crippen molar-refractivity contribution in [2.24, 2.45) is 11.7 Å². The highest BCUT2D eigenvalue weighted by atomic mass is 16.5. The van der Waals surface area contributed by atoms with Crippen LogP contribution >= 0.6 is 0 Å². The Morgan fingerprint density at radius 3 is 2.23 bits per heavy atom. The van der Waals surface area contributed by atoms with E-state index in [4.69, 9.17) is 10.5 Å². The fourth-order valence-corrected chi connectivity index (χ4v) is 1.85. The van der Waals surface area contributed by atoms with Crippen LogP contribution in [0.1, 0.15) is 36.7 Å². The molecule has 1 rings (SSSR count). The molecule has 2 atom stereocenters. The SMILES string of the molecule is Cc1ccccc1C(=O)N[C@@H](C(=O)O[C@@H](C)C(N)=O)C(C)C. The largest absolute Gasteiger partial charge is 0.451 e. The number of benzene rings is 1. The number of hydrogen-bond acceptors (Lipinski definition) is 4. The Labute approximate surface area is 130 Å². The molecule has 0 saturated heterocycles. The average molecular weight is 306 g/mol. The summed E-state index contributed by atoms with van der Waals surface area (Å²) in [4.78, 5) is 35.4. The van der Waals surface area contributed by atoms with Crippen molar-refractivity contribution in [3.63, 3.8) is 0 Å². The van der Waals surface area contributed by atoms with Crippen molar-refractivity contribution in [3.8, 4) is 0 Å². The molecule has 120 valence electrons. The van der Waals surface area contributed by atoms with Crippen molar-refractivity contribution >= 4 is 17.8 Å². The van der Waals surface area contributed by atoms with E-state index >= 15 is 0 Å². The number of ether oxygens (including phenoxy) is 1. The maximum atomic E-state index is 12.3. The normalized spacial score (nSPS) is 13.3. The number of nitrogens with one attached hydrogen (secondary N) is 1. The first-order valence-corrected chi connectivity index (χ1v) is 7.10. The third-order valence-corrected chi connectivity index (χ3v) is 3.29. The number of primary amides is 1. The van der Waals surface area contributed by atoms with Crippen molar-refractivity contribution in [2.45, 2.75) is 39.8 Å². The van der Waals surface area contributed by atoms with Crippen LogP contribution in [-0.4, -0.2) is 29.9 Å². The molecule has 0 unspecified atom stereocenters. The molecule has 1 aromatic carbocycles. The number of rotatable bonds is 6. The highest BCUT2D eigenvalue weighted by Gasteiger charge is 2.28. The predicted octanol–water partition coefficient (Wildman–Crippen LogP) is 1.17. The Morgan fingerprint density at radius 2 is 1.73 bits per heavy atom. The number of esters is 1. The van der Waals surface area contributed by atoms with Crippen LogP contribution in [0, 0.1) is 12.8 Å². The first-order valence-electron chi connectivity index (χ1n) is 7.10. The lowest BCUT2D eigenvalue weighted by atomic mass is 10.0. The first kappa shape index (κ1) is 17.7. The third-order valence-electron chi connectivity index (χ3n) is 3.29. The number of carbonyl (C=O) groups excluding carboxylic acids is 3. The highest BCUT2D eigenvalue weighted by Crippen LogP contribution is 2.10. The molecule has 2 amide bonds. The van der Waals surface area contributed by atoms with E-state index in [1.54, 1.807) is 26.0 Å². The van der Waals surface area contributed by atoms with Crippen molar-refractivity contribution < 1.29 is 19.1 Å². The van der Waals surface area contributed by atoms with Crippen LogP contribution in [0.4, 0.5) is 0 Å². The Hall–Kier alpha value is -2.37. The van der Waals surface area contributed by atoms with Gasteiger partial charge in [0.2, 0.25) is 0 Å². The first-order chi connectivity index (χ1) is 10.2. The van der Waals surface area contributed by atoms with Crippen molar-refractivity contribution in [3.05, 3.63) is 35.4 Å². The molecule has 0 aliphatic rings. The van der Waals surface area contributed by atoms with Crippen LogP contribution in [0.2, 0.25) is 0 Å². The Kier molecular flexibility index (Phi) is 6.10. The van der Waals surface area contributed by atoms with E-state index in [0.717, 1.165) is 5.56 Å². The molecule has 3 N–H and O–H groups in total. The van der Waals surface area contributed by atoms with Crippen LogP contribution in [0.15, 0.2) is 24.3 Å². The van der Waals surface area contributed by atoms with Crippen molar-refractivity contribution in [1.29, 1.82) is 0 Å². The van der Waals surface area contributed by atoms with Crippen LogP contribution in [-0.2, 0) is 14.3 Å². The van der Waals surface area contributed by atoms with Gasteiger partial charge in [0.15, 0.2) is 6.10 Å². The lowest BCUT2D eigenvalue weighted by Gasteiger charge is -2.22. The smallest absolute Gasteiger partial charge is 0.329 e. The van der Waals surface area contributed by atoms with Crippen LogP contribution in [0.3, 0.4) is 0 Å². The summed E-state index contributed by atoms with van der Waals surface area (Å²) in [6, 6.07) is 6.22. The molecule has 0 saturated carbocycles. The Morgan fingerprint density at radius 1 is 1.14 bits per heavy atom. The number of carbonyl (C=O) groups is 3. The minimum Gasteiger partial charge on any atom is -0.451 e. The fraction of sp³-hybridized carbons (Fsp3) is 0.438. The van der Waals surface area contributed by atoms with Gasteiger partial charge in [-0.25, -0.2) is 4.79 Å². The summed E-state index contributed by atoms with van der Waals surface area (Å²) in [6.45, 7) is 6.76. The topological polar surface area (TPSA) is 98.5 Å². The van der Waals surface area contributed by atoms with Gasteiger partial charge in [0.25, 0.3) is 11.8 Å². The Balaban J connectivity index is 2.84. The second-order valence-electron chi connectivity index (χ2n) is 5.49. The standard InChI is InChI=1S/C16H22N2O4/c1-9(2)13(16(21)22-11(4)14(17)19)18-15(20)12-8-6-5-7-10(12)3/h5-9,11,13H,1-4H3,(H2,17,19)(H,18,20)/t11-,13+/m0/s1. The molecule has 0 radical (unpaired) electrons. The molecule has 0 aliphatic heterocycles. The summed E-state index contributed by atoms with van der Waals surface area (Å²) in [5.41, 5.74) is 6.37. The van der Waals surface area contributed by atoms with Crippen molar-refractivity contribution in [2.75, 3.05) is 0 Å². The van der Waals surface area contributed by atoms with Crippen molar-refractivity contribution in [1.82, 2.24) is 5.32 Å². The minimum absolute atomic E-state index is 0.194. The molecule has 6 heteroatoms. The van der Waals surface area contributed by atoms with Crippen LogP contribution in [0.5, 0.6) is 0 Å². The molecular formula is C16H22N2O4. The summed E-state index contributed by atoms with van der Waals surface area (Å²) >= 11 is 0. The van der Waals surface area contributed by atoms with Gasteiger partial charge in [-0.3, -0.25) is 9.59 Å². The van der Waals surface area contributed by atoms with E-state index in [9.17, 15) is 14.4 Å². The number of aryl methyl sites for hydroxylation is 1. The molecule has 22 heavy (non-hydrogen) atoms. The third kappa shape index (κ3) is 4.58. The monoisotopic (exact) mass is 306 g/mol. The van der Waals surface area contributed by atoms with Gasteiger partial charge in [0.1, 0.15) is 6.04 Å². The number of nitrogens with two attached hydrogens (primary N) is 1. The van der Waals surface area contributed by atoms with Gasteiger partial charge in [0.05, 0.1) is 0 Å². The maximum Gasteiger partial charge on any atom is 0.329 e. The van der Waals surface area contributed by atoms with E-state index in [0.29, 0.717) is 5.56 Å². The van der Waals surface area contributed by atoms with Gasteiger partial charge in [-0.05, 0) is 31.4 Å². The zero-order valence-electron chi connectivity index (χ0n) is 13.3. The van der Waals surface area contributed by atoms with E-state index in [1.165, 1.54) is 6.92 Å². The van der Waals surface area contributed by atoms with Gasteiger partial charge in [-0.15, -0.1) is 0 Å². The quantitative estimate of drug-likeness (QED) is 0.771. The number of amides is 2. The van der Waals surface area contributed by atoms with E-state index in [-0.39, 0.29) is 11.8 Å². The average Bonchev–Trinajstić information content (AvgIpc) is 2.44. The second kappa shape index (κ2) is 7.59. The van der Waals surface area contributed by atoms with E-state index in [1.807, 2.05) is 19.1 Å². The molecule has 0 bridgehead atoms. The lowest BCUT2D eigenvalue weighted by Crippen LogP contribution is -2.47. The van der Waals surface area contributed by atoms with Gasteiger partial charge in [-0.2, -0.15) is 0 Å². The summed E-state index contributed by atoms with van der Waals surface area (Å²) in [7, 11) is 0. The Bertz CT molecular complexity index is 569. The van der Waals surface area contributed by atoms with Crippen LogP contribution < -0.4 is 11.1 Å². The van der Waals surface area contributed by atoms with E-state index in [2.05, 4.69) is 5.32 Å². The minimum atomic E-state index is -1.04. The van der Waals surface area contributed by atoms with Gasteiger partial charge >= 0.3 is 5.97 Å². The highest BCUT2D eigenvalue weighted by molar-refractivity contribution is 5.98. The maximum absolute atomic E-state index is 12.3. The molecule has 6 nitrogen and oxygen atoms in total. The molecule has 0 aromatic heterocycles.